The van der Waals surface area contributed by atoms with Crippen LogP contribution in [0.3, 0.4) is 0 Å². The van der Waals surface area contributed by atoms with E-state index in [1.54, 1.807) is 0 Å². The molecule has 8 N–H and O–H groups in total. The number of aromatic nitrogens is 3. The lowest BCUT2D eigenvalue weighted by molar-refractivity contribution is 0.440. The maximum Gasteiger partial charge on any atom is 0.232 e. The van der Waals surface area contributed by atoms with E-state index in [1.807, 2.05) is 7.05 Å². The van der Waals surface area contributed by atoms with Crippen molar-refractivity contribution in [3.8, 4) is 0 Å². The minimum atomic E-state index is 0.0117. The molecule has 0 spiro atoms. The van der Waals surface area contributed by atoms with Crippen LogP contribution in [0.4, 0.5) is 17.8 Å². The number of nitrogens with two attached hydrogens (primary N) is 4. The van der Waals surface area contributed by atoms with Crippen molar-refractivity contribution in [1.29, 1.82) is 0 Å². The molecule has 0 saturated carbocycles. The minimum absolute atomic E-state index is 0.0117. The standard InChI is InChI=1S/C18H36N10/c1-11(2)6-26(3)16-23-17(27-7-12(19)4-13(20)8-27)25-18(24-16)28-9-14(21)5-15(22)10-28/h11-15H,4-10,19-22H2,1-3H3/t12-,13+,14-,15+. The zero-order chi connectivity index (χ0) is 20.4. The van der Waals surface area contributed by atoms with Crippen molar-refractivity contribution in [2.75, 3.05) is 54.5 Å². The molecule has 2 aliphatic heterocycles. The summed E-state index contributed by atoms with van der Waals surface area (Å²) in [6.45, 7) is 7.93. The average Bonchev–Trinajstić information content (AvgIpc) is 2.59. The zero-order valence-corrected chi connectivity index (χ0v) is 17.3. The molecule has 0 aliphatic carbocycles. The molecule has 0 unspecified atom stereocenters. The summed E-state index contributed by atoms with van der Waals surface area (Å²) in [6, 6.07) is 0.0468. The first kappa shape index (κ1) is 21.0. The van der Waals surface area contributed by atoms with Crippen LogP contribution in [0, 0.1) is 5.92 Å². The van der Waals surface area contributed by atoms with Crippen LogP contribution in [0.15, 0.2) is 0 Å². The normalized spacial score (nSPS) is 28.7. The van der Waals surface area contributed by atoms with Crippen LogP contribution in [0.2, 0.25) is 0 Å². The van der Waals surface area contributed by atoms with Gasteiger partial charge >= 0.3 is 0 Å². The fourth-order valence-electron chi connectivity index (χ4n) is 4.11. The molecule has 0 radical (unpaired) electrons. The molecule has 3 heterocycles. The smallest absolute Gasteiger partial charge is 0.232 e. The van der Waals surface area contributed by atoms with E-state index in [0.717, 1.165) is 19.4 Å². The Morgan fingerprint density at radius 3 is 1.57 bits per heavy atom. The van der Waals surface area contributed by atoms with E-state index in [2.05, 4.69) is 28.5 Å². The van der Waals surface area contributed by atoms with Gasteiger partial charge in [-0.2, -0.15) is 15.0 Å². The van der Waals surface area contributed by atoms with Crippen molar-refractivity contribution in [2.45, 2.75) is 50.9 Å². The Balaban J connectivity index is 1.94. The third-order valence-corrected chi connectivity index (χ3v) is 5.18. The Morgan fingerprint density at radius 1 is 0.821 bits per heavy atom. The fraction of sp³-hybridized carbons (Fsp3) is 0.833. The highest BCUT2D eigenvalue weighted by Gasteiger charge is 2.29. The van der Waals surface area contributed by atoms with Crippen molar-refractivity contribution in [1.82, 2.24) is 15.0 Å². The van der Waals surface area contributed by atoms with Gasteiger partial charge in [-0.15, -0.1) is 0 Å². The summed E-state index contributed by atoms with van der Waals surface area (Å²) in [5.74, 6) is 2.37. The summed E-state index contributed by atoms with van der Waals surface area (Å²) in [7, 11) is 2.00. The third-order valence-electron chi connectivity index (χ3n) is 5.18. The highest BCUT2D eigenvalue weighted by molar-refractivity contribution is 5.47. The fourth-order valence-corrected chi connectivity index (χ4v) is 4.11. The van der Waals surface area contributed by atoms with E-state index in [0.29, 0.717) is 49.9 Å². The van der Waals surface area contributed by atoms with Crippen molar-refractivity contribution in [3.63, 3.8) is 0 Å². The van der Waals surface area contributed by atoms with Crippen LogP contribution in [0.25, 0.3) is 0 Å². The molecule has 3 rings (SSSR count). The number of anilines is 3. The Hall–Kier alpha value is -1.75. The quantitative estimate of drug-likeness (QED) is 0.475. The first-order chi connectivity index (χ1) is 13.2. The maximum absolute atomic E-state index is 6.19. The molecule has 10 nitrogen and oxygen atoms in total. The first-order valence-electron chi connectivity index (χ1n) is 10.2. The van der Waals surface area contributed by atoms with Gasteiger partial charge in [-0.1, -0.05) is 13.8 Å². The lowest BCUT2D eigenvalue weighted by atomic mass is 10.0. The van der Waals surface area contributed by atoms with Crippen LogP contribution in [-0.4, -0.2) is 78.9 Å². The number of nitrogens with zero attached hydrogens (tertiary/aromatic N) is 6. The Labute approximate surface area is 167 Å². The molecule has 28 heavy (non-hydrogen) atoms. The lowest BCUT2D eigenvalue weighted by Gasteiger charge is -2.37. The predicted molar refractivity (Wildman–Crippen MR) is 113 cm³/mol. The number of hydrogen-bond donors (Lipinski definition) is 4. The Morgan fingerprint density at radius 2 is 1.21 bits per heavy atom. The van der Waals surface area contributed by atoms with Crippen molar-refractivity contribution in [2.24, 2.45) is 28.9 Å². The molecular weight excluding hydrogens is 356 g/mol. The molecule has 1 aromatic heterocycles. The summed E-state index contributed by atoms with van der Waals surface area (Å²) in [6.07, 6.45) is 1.62. The van der Waals surface area contributed by atoms with Gasteiger partial charge < -0.3 is 37.6 Å². The second-order valence-corrected chi connectivity index (χ2v) is 8.83. The lowest BCUT2D eigenvalue weighted by Crippen LogP contribution is -2.54. The highest BCUT2D eigenvalue weighted by Crippen LogP contribution is 2.23. The minimum Gasteiger partial charge on any atom is -0.343 e. The zero-order valence-electron chi connectivity index (χ0n) is 17.3. The molecule has 1 aromatic rings. The highest BCUT2D eigenvalue weighted by atomic mass is 15.4. The van der Waals surface area contributed by atoms with Gasteiger partial charge in [0, 0.05) is 63.9 Å². The molecule has 4 atom stereocenters. The monoisotopic (exact) mass is 392 g/mol. The number of hydrogen-bond acceptors (Lipinski definition) is 10. The van der Waals surface area contributed by atoms with Gasteiger partial charge in [0.2, 0.25) is 17.8 Å². The van der Waals surface area contributed by atoms with Gasteiger partial charge in [-0.3, -0.25) is 0 Å². The van der Waals surface area contributed by atoms with E-state index in [9.17, 15) is 0 Å². The molecule has 2 aliphatic rings. The topological polar surface area (TPSA) is 152 Å². The Bertz CT molecular complexity index is 589. The first-order valence-corrected chi connectivity index (χ1v) is 10.2. The molecular formula is C18H36N10. The number of piperidine rings is 2. The SMILES string of the molecule is CC(C)CN(C)c1nc(N2C[C@H](N)C[C@H](N)C2)nc(N2C[C@H](N)C[C@H](N)C2)n1. The molecule has 2 fully saturated rings. The molecule has 0 amide bonds. The van der Waals surface area contributed by atoms with Gasteiger partial charge in [0.05, 0.1) is 0 Å². The second-order valence-electron chi connectivity index (χ2n) is 8.83. The second kappa shape index (κ2) is 8.73. The van der Waals surface area contributed by atoms with E-state index < -0.39 is 0 Å². The van der Waals surface area contributed by atoms with Gasteiger partial charge in [0.15, 0.2) is 0 Å². The van der Waals surface area contributed by atoms with Crippen molar-refractivity contribution < 1.29 is 0 Å². The number of rotatable bonds is 5. The molecule has 0 aromatic carbocycles. The summed E-state index contributed by atoms with van der Waals surface area (Å²) in [5.41, 5.74) is 24.7. The molecule has 2 saturated heterocycles. The molecule has 158 valence electrons. The van der Waals surface area contributed by atoms with E-state index in [1.165, 1.54) is 0 Å². The largest absolute Gasteiger partial charge is 0.343 e. The van der Waals surface area contributed by atoms with Crippen LogP contribution in [0.5, 0.6) is 0 Å². The summed E-state index contributed by atoms with van der Waals surface area (Å²) in [4.78, 5) is 20.4. The van der Waals surface area contributed by atoms with Gasteiger partial charge in [0.25, 0.3) is 0 Å². The molecule has 10 heteroatoms. The van der Waals surface area contributed by atoms with E-state index in [4.69, 9.17) is 37.9 Å². The average molecular weight is 393 g/mol. The molecule has 0 bridgehead atoms. The summed E-state index contributed by atoms with van der Waals surface area (Å²) >= 11 is 0. The predicted octanol–water partition coefficient (Wildman–Crippen LogP) is -1.31. The van der Waals surface area contributed by atoms with E-state index in [-0.39, 0.29) is 24.2 Å². The Kier molecular flexibility index (Phi) is 6.54. The van der Waals surface area contributed by atoms with Crippen molar-refractivity contribution in [3.05, 3.63) is 0 Å². The van der Waals surface area contributed by atoms with Gasteiger partial charge in [-0.05, 0) is 18.8 Å². The summed E-state index contributed by atoms with van der Waals surface area (Å²) < 4.78 is 0. The van der Waals surface area contributed by atoms with Gasteiger partial charge in [-0.25, -0.2) is 0 Å². The summed E-state index contributed by atoms with van der Waals surface area (Å²) in [5, 5.41) is 0. The van der Waals surface area contributed by atoms with Crippen LogP contribution in [-0.2, 0) is 0 Å². The van der Waals surface area contributed by atoms with Gasteiger partial charge in [0.1, 0.15) is 0 Å². The maximum atomic E-state index is 6.19. The van der Waals surface area contributed by atoms with Crippen LogP contribution in [0.1, 0.15) is 26.7 Å². The van der Waals surface area contributed by atoms with Crippen LogP contribution >= 0.6 is 0 Å². The third kappa shape index (κ3) is 5.19. The van der Waals surface area contributed by atoms with Crippen LogP contribution < -0.4 is 37.6 Å². The van der Waals surface area contributed by atoms with Crippen molar-refractivity contribution >= 4 is 17.8 Å². The van der Waals surface area contributed by atoms with E-state index >= 15 is 0 Å².